The van der Waals surface area contributed by atoms with Crippen LogP contribution in [0.3, 0.4) is 0 Å². The van der Waals surface area contributed by atoms with Crippen molar-refractivity contribution >= 4 is 35.5 Å². The van der Waals surface area contributed by atoms with E-state index >= 15 is 0 Å². The molecule has 2 N–H and O–H groups in total. The van der Waals surface area contributed by atoms with Gasteiger partial charge in [0.05, 0.1) is 28.4 Å². The summed E-state index contributed by atoms with van der Waals surface area (Å²) in [7, 11) is 10.2. The Bertz CT molecular complexity index is 1620. The van der Waals surface area contributed by atoms with Gasteiger partial charge in [0.2, 0.25) is 0 Å². The summed E-state index contributed by atoms with van der Waals surface area (Å²) < 4.78 is 53.3. The van der Waals surface area contributed by atoms with Gasteiger partial charge in [-0.25, -0.2) is 4.79 Å². The third kappa shape index (κ3) is 9.77. The summed E-state index contributed by atoms with van der Waals surface area (Å²) in [5.41, 5.74) is 4.25. The molecule has 3 aromatic rings. The molecule has 1 aliphatic rings. The molecule has 256 valence electrons. The highest BCUT2D eigenvalue weighted by atomic mass is 19.4. The van der Waals surface area contributed by atoms with E-state index in [1.165, 1.54) is 0 Å². The highest BCUT2D eigenvalue weighted by Gasteiger charge is 2.38. The average Bonchev–Trinajstić information content (AvgIpc) is 3.06. The fourth-order valence-electron chi connectivity index (χ4n) is 4.83. The number of carboxylic acid groups (broad SMARTS) is 1. The van der Waals surface area contributed by atoms with Crippen molar-refractivity contribution in [1.29, 1.82) is 0 Å². The van der Waals surface area contributed by atoms with Crippen LogP contribution in [-0.2, 0) is 9.59 Å². The number of nitrogens with zero attached hydrogens (tertiary/aromatic N) is 1. The molecule has 3 aromatic carbocycles. The lowest BCUT2D eigenvalue weighted by Gasteiger charge is -2.27. The number of halogens is 3. The monoisotopic (exact) mass is 670 g/mol. The van der Waals surface area contributed by atoms with Gasteiger partial charge in [0.25, 0.3) is 5.91 Å². The van der Waals surface area contributed by atoms with Crippen LogP contribution in [0, 0.1) is 0 Å². The van der Waals surface area contributed by atoms with Crippen LogP contribution < -0.4 is 29.2 Å². The molecule has 0 spiro atoms. The second-order valence-electron chi connectivity index (χ2n) is 10.7. The normalized spacial score (nSPS) is 16.0. The Kier molecular flexibility index (Phi) is 12.6. The Morgan fingerprint density at radius 1 is 0.792 bits per heavy atom. The Balaban J connectivity index is 0.000000804. The SMILES string of the molecule is COc1ccc(/C=C2\CC(NC(=O)c3cccc(N(C)C)c3)C/C(=C\c3ccc(OC)c(OC)c3)C2=O)cc1OC.O=C(O)C(F)(F)F. The van der Waals surface area contributed by atoms with Gasteiger partial charge in [-0.05, 0) is 78.6 Å². The first-order chi connectivity index (χ1) is 22.7. The molecule has 0 bridgehead atoms. The number of carboxylic acids is 1. The van der Waals surface area contributed by atoms with E-state index in [1.807, 2.05) is 73.6 Å². The zero-order valence-electron chi connectivity index (χ0n) is 27.3. The summed E-state index contributed by atoms with van der Waals surface area (Å²) in [4.78, 5) is 37.9. The van der Waals surface area contributed by atoms with Gasteiger partial charge in [-0.15, -0.1) is 0 Å². The highest BCUT2D eigenvalue weighted by Crippen LogP contribution is 2.34. The summed E-state index contributed by atoms with van der Waals surface area (Å²) >= 11 is 0. The standard InChI is InChI=1S/C33H36N2O6.C2HF3O2/c1-35(2)27-9-7-8-23(20-27)33(37)34-26-18-24(14-21-10-12-28(38-3)30(16-21)40-5)32(36)25(19-26)15-22-11-13-29(39-4)31(17-22)41-6;3-2(4,5)1(6)7/h7-17,20,26H,18-19H2,1-6H3,(H,34,37);(H,6,7)/b24-14+,25-15+;. The summed E-state index contributed by atoms with van der Waals surface area (Å²) in [6.45, 7) is 0. The van der Waals surface area contributed by atoms with Gasteiger partial charge in [0.15, 0.2) is 28.8 Å². The second kappa shape index (κ2) is 16.4. The van der Waals surface area contributed by atoms with E-state index < -0.39 is 12.1 Å². The third-order valence-electron chi connectivity index (χ3n) is 7.22. The molecule has 1 aliphatic carbocycles. The molecule has 48 heavy (non-hydrogen) atoms. The molecular weight excluding hydrogens is 633 g/mol. The van der Waals surface area contributed by atoms with Crippen molar-refractivity contribution in [1.82, 2.24) is 5.32 Å². The number of ether oxygens (including phenoxy) is 4. The van der Waals surface area contributed by atoms with Crippen LogP contribution in [0.15, 0.2) is 71.8 Å². The predicted octanol–water partition coefficient (Wildman–Crippen LogP) is 6.05. The van der Waals surface area contributed by atoms with Crippen molar-refractivity contribution < 1.29 is 51.6 Å². The van der Waals surface area contributed by atoms with Crippen LogP contribution in [0.1, 0.15) is 34.3 Å². The fourth-order valence-corrected chi connectivity index (χ4v) is 4.83. The van der Waals surface area contributed by atoms with Gasteiger partial charge in [0.1, 0.15) is 0 Å². The summed E-state index contributed by atoms with van der Waals surface area (Å²) in [6.07, 6.45) is -0.624. The van der Waals surface area contributed by atoms with E-state index in [4.69, 9.17) is 28.8 Å². The number of anilines is 1. The van der Waals surface area contributed by atoms with Crippen LogP contribution in [0.5, 0.6) is 23.0 Å². The quantitative estimate of drug-likeness (QED) is 0.262. The predicted molar refractivity (Wildman–Crippen MR) is 175 cm³/mol. The number of hydrogen-bond acceptors (Lipinski definition) is 8. The molecule has 1 saturated carbocycles. The number of Topliss-reactive ketones (excluding diaryl/α,β-unsaturated/α-hetero) is 1. The number of methoxy groups -OCH3 is 4. The molecule has 0 radical (unpaired) electrons. The number of nitrogens with one attached hydrogen (secondary N) is 1. The maximum atomic E-state index is 13.7. The van der Waals surface area contributed by atoms with Crippen molar-refractivity contribution in [2.24, 2.45) is 0 Å². The zero-order chi connectivity index (χ0) is 35.6. The highest BCUT2D eigenvalue weighted by molar-refractivity contribution is 6.14. The number of hydrogen-bond donors (Lipinski definition) is 2. The first-order valence-electron chi connectivity index (χ1n) is 14.5. The first-order valence-corrected chi connectivity index (χ1v) is 14.5. The van der Waals surface area contributed by atoms with E-state index in [0.29, 0.717) is 52.5 Å². The summed E-state index contributed by atoms with van der Waals surface area (Å²) in [6, 6.07) is 18.2. The number of alkyl halides is 3. The van der Waals surface area contributed by atoms with Crippen LogP contribution in [-0.4, -0.2) is 77.5 Å². The molecule has 13 heteroatoms. The van der Waals surface area contributed by atoms with Gasteiger partial charge in [-0.1, -0.05) is 18.2 Å². The smallest absolute Gasteiger partial charge is 0.490 e. The average molecular weight is 671 g/mol. The molecule has 0 aliphatic heterocycles. The number of amides is 1. The molecule has 0 heterocycles. The Hall–Kier alpha value is -5.46. The van der Waals surface area contributed by atoms with Gasteiger partial charge in [0, 0.05) is 42.5 Å². The molecule has 1 amide bonds. The van der Waals surface area contributed by atoms with Crippen LogP contribution in [0.4, 0.5) is 18.9 Å². The van der Waals surface area contributed by atoms with Crippen LogP contribution in [0.2, 0.25) is 0 Å². The fraction of sp³-hybridized carbons (Fsp3) is 0.286. The number of carbonyl (C=O) groups excluding carboxylic acids is 2. The van der Waals surface area contributed by atoms with Gasteiger partial charge in [-0.2, -0.15) is 13.2 Å². The van der Waals surface area contributed by atoms with Crippen LogP contribution in [0.25, 0.3) is 12.2 Å². The second-order valence-corrected chi connectivity index (χ2v) is 10.7. The minimum atomic E-state index is -5.08. The molecular formula is C35H37F3N2O8. The van der Waals surface area contributed by atoms with Gasteiger partial charge >= 0.3 is 12.1 Å². The molecule has 0 atom stereocenters. The minimum absolute atomic E-state index is 0.0744. The number of carbonyl (C=O) groups is 3. The van der Waals surface area contributed by atoms with E-state index in [0.717, 1.165) is 16.8 Å². The number of ketones is 1. The van der Waals surface area contributed by atoms with E-state index in [1.54, 1.807) is 46.6 Å². The zero-order valence-corrected chi connectivity index (χ0v) is 27.3. The summed E-state index contributed by atoms with van der Waals surface area (Å²) in [5.74, 6) is -0.688. The largest absolute Gasteiger partial charge is 0.493 e. The van der Waals surface area contributed by atoms with E-state index in [-0.39, 0.29) is 17.7 Å². The summed E-state index contributed by atoms with van der Waals surface area (Å²) in [5, 5.41) is 10.3. The van der Waals surface area contributed by atoms with Gasteiger partial charge in [-0.3, -0.25) is 9.59 Å². The number of rotatable bonds is 9. The molecule has 1 fully saturated rings. The van der Waals surface area contributed by atoms with E-state index in [2.05, 4.69) is 5.32 Å². The molecule has 10 nitrogen and oxygen atoms in total. The van der Waals surface area contributed by atoms with Crippen LogP contribution >= 0.6 is 0 Å². The third-order valence-corrected chi connectivity index (χ3v) is 7.22. The van der Waals surface area contributed by atoms with Crippen molar-refractivity contribution in [2.75, 3.05) is 47.4 Å². The lowest BCUT2D eigenvalue weighted by molar-refractivity contribution is -0.192. The van der Waals surface area contributed by atoms with Crippen molar-refractivity contribution in [3.8, 4) is 23.0 Å². The Morgan fingerprint density at radius 2 is 1.25 bits per heavy atom. The van der Waals surface area contributed by atoms with Crippen molar-refractivity contribution in [3.63, 3.8) is 0 Å². The molecule has 0 aromatic heterocycles. The maximum Gasteiger partial charge on any atom is 0.490 e. The molecule has 0 saturated heterocycles. The number of benzene rings is 3. The minimum Gasteiger partial charge on any atom is -0.493 e. The molecule has 4 rings (SSSR count). The molecule has 0 unspecified atom stereocenters. The van der Waals surface area contributed by atoms with E-state index in [9.17, 15) is 22.8 Å². The number of aliphatic carboxylic acids is 1. The first kappa shape index (κ1) is 37.0. The van der Waals surface area contributed by atoms with Crippen molar-refractivity contribution in [3.05, 3.63) is 88.5 Å². The van der Waals surface area contributed by atoms with Gasteiger partial charge < -0.3 is 34.3 Å². The topological polar surface area (TPSA) is 124 Å². The lowest BCUT2D eigenvalue weighted by atomic mass is 9.83. The lowest BCUT2D eigenvalue weighted by Crippen LogP contribution is -2.39. The Labute approximate surface area is 276 Å². The Morgan fingerprint density at radius 3 is 1.65 bits per heavy atom. The maximum absolute atomic E-state index is 13.7. The van der Waals surface area contributed by atoms with Crippen molar-refractivity contribution in [2.45, 2.75) is 25.1 Å².